The van der Waals surface area contributed by atoms with Crippen LogP contribution in [0.2, 0.25) is 0 Å². The second kappa shape index (κ2) is 10.8. The topological polar surface area (TPSA) is 102 Å². The van der Waals surface area contributed by atoms with Crippen molar-refractivity contribution in [2.75, 3.05) is 6.61 Å². The fourth-order valence-electron chi connectivity index (χ4n) is 2.72. The highest BCUT2D eigenvalue weighted by atomic mass is 16.5. The van der Waals surface area contributed by atoms with E-state index in [1.165, 1.54) is 6.92 Å². The fourth-order valence-corrected chi connectivity index (χ4v) is 2.72. The van der Waals surface area contributed by atoms with Gasteiger partial charge in [-0.1, -0.05) is 24.3 Å². The van der Waals surface area contributed by atoms with Crippen molar-refractivity contribution < 1.29 is 29.0 Å². The summed E-state index contributed by atoms with van der Waals surface area (Å²) in [6.45, 7) is 3.23. The van der Waals surface area contributed by atoms with Gasteiger partial charge in [-0.2, -0.15) is 0 Å². The van der Waals surface area contributed by atoms with Crippen molar-refractivity contribution in [3.05, 3.63) is 59.7 Å². The Labute approximate surface area is 169 Å². The van der Waals surface area contributed by atoms with Crippen LogP contribution >= 0.6 is 0 Å². The fraction of sp³-hybridized carbons (Fsp3) is 0.318. The Kier molecular flexibility index (Phi) is 8.21. The molecule has 0 aliphatic heterocycles. The van der Waals surface area contributed by atoms with Crippen molar-refractivity contribution in [2.45, 2.75) is 39.2 Å². The number of amides is 1. The Morgan fingerprint density at radius 3 is 2.21 bits per heavy atom. The summed E-state index contributed by atoms with van der Waals surface area (Å²) in [5.74, 6) is -0.614. The molecule has 2 aromatic carbocycles. The van der Waals surface area contributed by atoms with E-state index in [1.54, 1.807) is 55.5 Å². The molecule has 0 aromatic heterocycles. The smallest absolute Gasteiger partial charge is 0.328 e. The molecule has 154 valence electrons. The number of phenols is 1. The molecule has 0 aliphatic carbocycles. The van der Waals surface area contributed by atoms with Gasteiger partial charge in [0.1, 0.15) is 17.5 Å². The molecule has 2 N–H and O–H groups in total. The third-order valence-electron chi connectivity index (χ3n) is 4.11. The highest BCUT2D eigenvalue weighted by Gasteiger charge is 2.22. The minimum Gasteiger partial charge on any atom is -0.508 e. The molecule has 0 aliphatic rings. The van der Waals surface area contributed by atoms with Crippen molar-refractivity contribution in [2.24, 2.45) is 0 Å². The number of carbonyl (C=O) groups is 3. The molecule has 0 heterocycles. The van der Waals surface area contributed by atoms with Crippen molar-refractivity contribution >= 4 is 17.8 Å². The number of esters is 2. The van der Waals surface area contributed by atoms with Crippen LogP contribution in [0.5, 0.6) is 11.5 Å². The average molecular weight is 399 g/mol. The van der Waals surface area contributed by atoms with E-state index in [0.717, 1.165) is 11.1 Å². The quantitative estimate of drug-likeness (QED) is 0.496. The molecule has 7 heteroatoms. The Bertz CT molecular complexity index is 829. The standard InChI is InChI=1S/C22H25NO6/c1-3-28-22(27)20(14-17-6-11-19(12-7-17)29-15(2)24)23-21(26)13-8-16-4-9-18(25)10-5-16/h4-7,9-12,20,25H,3,8,13-14H2,1-2H3,(H,23,26). The Hall–Kier alpha value is -3.35. The Balaban J connectivity index is 1.97. The van der Waals surface area contributed by atoms with Crippen molar-refractivity contribution in [3.8, 4) is 11.5 Å². The first kappa shape index (κ1) is 21.9. The van der Waals surface area contributed by atoms with Gasteiger partial charge in [-0.05, 0) is 48.7 Å². The van der Waals surface area contributed by atoms with Crippen LogP contribution in [0.25, 0.3) is 0 Å². The van der Waals surface area contributed by atoms with E-state index in [0.29, 0.717) is 12.2 Å². The predicted octanol–water partition coefficient (Wildman–Crippen LogP) is 2.54. The number of aryl methyl sites for hydroxylation is 1. The zero-order chi connectivity index (χ0) is 21.2. The molecule has 0 fully saturated rings. The molecular weight excluding hydrogens is 374 g/mol. The summed E-state index contributed by atoms with van der Waals surface area (Å²) in [6.07, 6.45) is 0.939. The lowest BCUT2D eigenvalue weighted by molar-refractivity contribution is -0.147. The first-order valence-electron chi connectivity index (χ1n) is 9.38. The zero-order valence-corrected chi connectivity index (χ0v) is 16.5. The normalized spacial score (nSPS) is 11.4. The number of ether oxygens (including phenoxy) is 2. The van der Waals surface area contributed by atoms with Gasteiger partial charge in [-0.3, -0.25) is 9.59 Å². The van der Waals surface area contributed by atoms with Crippen LogP contribution in [-0.4, -0.2) is 35.6 Å². The van der Waals surface area contributed by atoms with Gasteiger partial charge in [0, 0.05) is 19.8 Å². The van der Waals surface area contributed by atoms with E-state index in [1.807, 2.05) is 0 Å². The molecule has 1 atom stereocenters. The molecular formula is C22H25NO6. The number of carbonyl (C=O) groups excluding carboxylic acids is 3. The summed E-state index contributed by atoms with van der Waals surface area (Å²) in [7, 11) is 0. The van der Waals surface area contributed by atoms with Crippen LogP contribution in [-0.2, 0) is 32.0 Å². The highest BCUT2D eigenvalue weighted by molar-refractivity contribution is 5.84. The lowest BCUT2D eigenvalue weighted by Gasteiger charge is -2.17. The number of hydrogen-bond donors (Lipinski definition) is 2. The van der Waals surface area contributed by atoms with Gasteiger partial charge in [-0.15, -0.1) is 0 Å². The molecule has 0 spiro atoms. The van der Waals surface area contributed by atoms with Crippen molar-refractivity contribution in [1.29, 1.82) is 0 Å². The number of hydrogen-bond acceptors (Lipinski definition) is 6. The monoisotopic (exact) mass is 399 g/mol. The first-order valence-corrected chi connectivity index (χ1v) is 9.38. The first-order chi connectivity index (χ1) is 13.9. The van der Waals surface area contributed by atoms with Gasteiger partial charge in [0.15, 0.2) is 0 Å². The van der Waals surface area contributed by atoms with E-state index >= 15 is 0 Å². The maximum Gasteiger partial charge on any atom is 0.328 e. The minimum absolute atomic E-state index is 0.167. The SMILES string of the molecule is CCOC(=O)C(Cc1ccc(OC(C)=O)cc1)NC(=O)CCc1ccc(O)cc1. The van der Waals surface area contributed by atoms with E-state index in [2.05, 4.69) is 5.32 Å². The van der Waals surface area contributed by atoms with Crippen LogP contribution in [0.15, 0.2) is 48.5 Å². The molecule has 7 nitrogen and oxygen atoms in total. The van der Waals surface area contributed by atoms with Gasteiger partial charge in [0.25, 0.3) is 0 Å². The largest absolute Gasteiger partial charge is 0.508 e. The van der Waals surface area contributed by atoms with Crippen LogP contribution in [0.3, 0.4) is 0 Å². The lowest BCUT2D eigenvalue weighted by Crippen LogP contribution is -2.43. The molecule has 2 rings (SSSR count). The van der Waals surface area contributed by atoms with Gasteiger partial charge >= 0.3 is 11.9 Å². The van der Waals surface area contributed by atoms with Gasteiger partial charge in [0.2, 0.25) is 5.91 Å². The van der Waals surface area contributed by atoms with Gasteiger partial charge < -0.3 is 19.9 Å². The second-order valence-corrected chi connectivity index (χ2v) is 6.48. The molecule has 2 aromatic rings. The maximum atomic E-state index is 12.3. The third-order valence-corrected chi connectivity index (χ3v) is 4.11. The zero-order valence-electron chi connectivity index (χ0n) is 16.5. The lowest BCUT2D eigenvalue weighted by atomic mass is 10.0. The second-order valence-electron chi connectivity index (χ2n) is 6.48. The summed E-state index contributed by atoms with van der Waals surface area (Å²) in [6, 6.07) is 12.5. The van der Waals surface area contributed by atoms with Crippen molar-refractivity contribution in [3.63, 3.8) is 0 Å². The maximum absolute atomic E-state index is 12.3. The molecule has 1 amide bonds. The van der Waals surface area contributed by atoms with E-state index in [-0.39, 0.29) is 31.1 Å². The molecule has 0 radical (unpaired) electrons. The van der Waals surface area contributed by atoms with Gasteiger partial charge in [-0.25, -0.2) is 4.79 Å². The Morgan fingerprint density at radius 1 is 1.00 bits per heavy atom. The summed E-state index contributed by atoms with van der Waals surface area (Å²) in [5.41, 5.74) is 1.70. The molecule has 29 heavy (non-hydrogen) atoms. The summed E-state index contributed by atoms with van der Waals surface area (Å²) >= 11 is 0. The highest BCUT2D eigenvalue weighted by Crippen LogP contribution is 2.15. The minimum atomic E-state index is -0.818. The van der Waals surface area contributed by atoms with Crippen LogP contribution in [0, 0.1) is 0 Å². The number of benzene rings is 2. The van der Waals surface area contributed by atoms with Crippen LogP contribution < -0.4 is 10.1 Å². The Morgan fingerprint density at radius 2 is 1.62 bits per heavy atom. The third kappa shape index (κ3) is 7.65. The molecule has 0 bridgehead atoms. The predicted molar refractivity (Wildman–Crippen MR) is 106 cm³/mol. The molecule has 1 unspecified atom stereocenters. The van der Waals surface area contributed by atoms with E-state index < -0.39 is 18.0 Å². The molecule has 0 saturated carbocycles. The number of nitrogens with one attached hydrogen (secondary N) is 1. The number of phenolic OH excluding ortho intramolecular Hbond substituents is 1. The molecule has 0 saturated heterocycles. The average Bonchev–Trinajstić information content (AvgIpc) is 2.68. The van der Waals surface area contributed by atoms with Crippen LogP contribution in [0.1, 0.15) is 31.4 Å². The van der Waals surface area contributed by atoms with E-state index in [4.69, 9.17) is 9.47 Å². The van der Waals surface area contributed by atoms with E-state index in [9.17, 15) is 19.5 Å². The van der Waals surface area contributed by atoms with Crippen molar-refractivity contribution in [1.82, 2.24) is 5.32 Å². The number of aromatic hydroxyl groups is 1. The number of rotatable bonds is 9. The summed E-state index contributed by atoms with van der Waals surface area (Å²) in [4.78, 5) is 35.6. The summed E-state index contributed by atoms with van der Waals surface area (Å²) in [5, 5.41) is 12.0. The van der Waals surface area contributed by atoms with Gasteiger partial charge in [0.05, 0.1) is 6.61 Å². The summed E-state index contributed by atoms with van der Waals surface area (Å²) < 4.78 is 10.1. The van der Waals surface area contributed by atoms with Crippen LogP contribution in [0.4, 0.5) is 0 Å².